The minimum absolute atomic E-state index is 0.169. The van der Waals surface area contributed by atoms with Crippen molar-refractivity contribution in [1.29, 1.82) is 0 Å². The Balaban J connectivity index is 2.45. The average Bonchev–Trinajstić information content (AvgIpc) is 3.14. The molecular weight excluding hydrogens is 238 g/mol. The molecule has 0 unspecified atom stereocenters. The molecule has 0 radical (unpaired) electrons. The van der Waals surface area contributed by atoms with E-state index in [4.69, 9.17) is 5.11 Å². The van der Waals surface area contributed by atoms with E-state index < -0.39 is 10.9 Å². The van der Waals surface area contributed by atoms with Gasteiger partial charge >= 0.3 is 11.7 Å². The predicted molar refractivity (Wildman–Crippen MR) is 63.9 cm³/mol. The van der Waals surface area contributed by atoms with Crippen molar-refractivity contribution in [2.45, 2.75) is 25.8 Å². The largest absolute Gasteiger partial charge is 0.478 e. The van der Waals surface area contributed by atoms with Gasteiger partial charge in [0, 0.05) is 24.8 Å². The number of pyridine rings is 1. The maximum atomic E-state index is 11.0. The van der Waals surface area contributed by atoms with E-state index in [0.717, 1.165) is 25.1 Å². The summed E-state index contributed by atoms with van der Waals surface area (Å²) in [5.41, 5.74) is -0.416. The Hall–Kier alpha value is -2.18. The average molecular weight is 251 g/mol. The highest BCUT2D eigenvalue weighted by molar-refractivity contribution is 5.88. The van der Waals surface area contributed by atoms with Crippen molar-refractivity contribution in [1.82, 2.24) is 4.98 Å². The van der Waals surface area contributed by atoms with E-state index in [9.17, 15) is 14.9 Å². The molecular formula is C11H13N3O4. The summed E-state index contributed by atoms with van der Waals surface area (Å²) in [6, 6.07) is 1.35. The lowest BCUT2D eigenvalue weighted by molar-refractivity contribution is -0.384. The van der Waals surface area contributed by atoms with Gasteiger partial charge in [-0.2, -0.15) is 0 Å². The van der Waals surface area contributed by atoms with Gasteiger partial charge in [0.15, 0.2) is 0 Å². The Bertz CT molecular complexity index is 499. The number of aromatic nitrogens is 1. The van der Waals surface area contributed by atoms with Crippen LogP contribution in [0.1, 0.15) is 30.1 Å². The molecule has 7 nitrogen and oxygen atoms in total. The molecule has 1 fully saturated rings. The van der Waals surface area contributed by atoms with E-state index in [1.807, 2.05) is 11.8 Å². The van der Waals surface area contributed by atoms with E-state index in [-0.39, 0.29) is 23.1 Å². The van der Waals surface area contributed by atoms with Crippen molar-refractivity contribution in [2.24, 2.45) is 0 Å². The van der Waals surface area contributed by atoms with Gasteiger partial charge in [-0.25, -0.2) is 9.78 Å². The summed E-state index contributed by atoms with van der Waals surface area (Å²) in [7, 11) is 0. The fraction of sp³-hybridized carbons (Fsp3) is 0.455. The number of nitrogens with zero attached hydrogens (tertiary/aromatic N) is 3. The Morgan fingerprint density at radius 3 is 2.78 bits per heavy atom. The number of hydrogen-bond donors (Lipinski definition) is 1. The molecule has 0 spiro atoms. The molecule has 1 aromatic heterocycles. The van der Waals surface area contributed by atoms with Crippen LogP contribution in [0.2, 0.25) is 0 Å². The lowest BCUT2D eigenvalue weighted by Gasteiger charge is -2.20. The van der Waals surface area contributed by atoms with E-state index in [1.165, 1.54) is 0 Å². The van der Waals surface area contributed by atoms with Crippen LogP contribution in [0.4, 0.5) is 11.5 Å². The molecule has 1 aliphatic carbocycles. The number of carboxylic acids is 1. The lowest BCUT2D eigenvalue weighted by Crippen LogP contribution is -2.27. The Kier molecular flexibility index (Phi) is 3.14. The minimum Gasteiger partial charge on any atom is -0.478 e. The van der Waals surface area contributed by atoms with E-state index in [0.29, 0.717) is 6.54 Å². The van der Waals surface area contributed by atoms with Crippen molar-refractivity contribution < 1.29 is 14.8 Å². The molecule has 96 valence electrons. The first-order chi connectivity index (χ1) is 8.54. The summed E-state index contributed by atoms with van der Waals surface area (Å²) < 4.78 is 0. The van der Waals surface area contributed by atoms with Crippen molar-refractivity contribution in [3.05, 3.63) is 27.9 Å². The van der Waals surface area contributed by atoms with E-state index in [1.54, 1.807) is 0 Å². The molecule has 0 aromatic carbocycles. The second kappa shape index (κ2) is 4.59. The van der Waals surface area contributed by atoms with Gasteiger partial charge in [0.25, 0.3) is 0 Å². The molecule has 0 amide bonds. The predicted octanol–water partition coefficient (Wildman–Crippen LogP) is 1.68. The SMILES string of the molecule is CCN(c1ncc(C(=O)O)cc1[N+](=O)[O-])C1CC1. The van der Waals surface area contributed by atoms with E-state index >= 15 is 0 Å². The van der Waals surface area contributed by atoms with Gasteiger partial charge < -0.3 is 10.0 Å². The molecule has 7 heteroatoms. The van der Waals surface area contributed by atoms with Crippen LogP contribution in [-0.2, 0) is 0 Å². The molecule has 1 saturated carbocycles. The lowest BCUT2D eigenvalue weighted by atomic mass is 10.2. The van der Waals surface area contributed by atoms with Crippen LogP contribution in [0.3, 0.4) is 0 Å². The molecule has 0 atom stereocenters. The third-order valence-electron chi connectivity index (χ3n) is 2.89. The molecule has 0 saturated heterocycles. The Morgan fingerprint density at radius 1 is 1.67 bits per heavy atom. The summed E-state index contributed by atoms with van der Waals surface area (Å²) in [6.07, 6.45) is 3.15. The molecule has 1 heterocycles. The monoisotopic (exact) mass is 251 g/mol. The molecule has 0 bridgehead atoms. The maximum Gasteiger partial charge on any atom is 0.337 e. The van der Waals surface area contributed by atoms with Crippen molar-refractivity contribution in [3.63, 3.8) is 0 Å². The van der Waals surface area contributed by atoms with Crippen LogP contribution in [0.25, 0.3) is 0 Å². The zero-order valence-corrected chi connectivity index (χ0v) is 9.87. The molecule has 1 aromatic rings. The molecule has 1 aliphatic rings. The minimum atomic E-state index is -1.22. The standard InChI is InChI=1S/C11H13N3O4/c1-2-13(8-3-4-8)10-9(14(17)18)5-7(6-12-10)11(15)16/h5-6,8H,2-4H2,1H3,(H,15,16). The highest BCUT2D eigenvalue weighted by atomic mass is 16.6. The normalized spacial score (nSPS) is 14.3. The third-order valence-corrected chi connectivity index (χ3v) is 2.89. The molecule has 2 rings (SSSR count). The number of hydrogen-bond acceptors (Lipinski definition) is 5. The number of carboxylic acid groups (broad SMARTS) is 1. The van der Waals surface area contributed by atoms with Crippen LogP contribution in [0.15, 0.2) is 12.3 Å². The number of aromatic carboxylic acids is 1. The Morgan fingerprint density at radius 2 is 2.33 bits per heavy atom. The van der Waals surface area contributed by atoms with Gasteiger partial charge in [-0.3, -0.25) is 10.1 Å². The van der Waals surface area contributed by atoms with Crippen molar-refractivity contribution in [2.75, 3.05) is 11.4 Å². The van der Waals surface area contributed by atoms with Gasteiger partial charge in [0.1, 0.15) is 0 Å². The van der Waals surface area contributed by atoms with E-state index in [2.05, 4.69) is 4.98 Å². The van der Waals surface area contributed by atoms with Crippen LogP contribution in [-0.4, -0.2) is 33.6 Å². The first-order valence-corrected chi connectivity index (χ1v) is 5.69. The summed E-state index contributed by atoms with van der Waals surface area (Å²) in [5, 5.41) is 19.8. The van der Waals surface area contributed by atoms with Crippen LogP contribution in [0.5, 0.6) is 0 Å². The number of anilines is 1. The highest BCUT2D eigenvalue weighted by Crippen LogP contribution is 2.35. The Labute approximate surface area is 103 Å². The quantitative estimate of drug-likeness (QED) is 0.631. The summed E-state index contributed by atoms with van der Waals surface area (Å²) >= 11 is 0. The molecule has 0 aliphatic heterocycles. The summed E-state index contributed by atoms with van der Waals surface area (Å²) in [4.78, 5) is 27.0. The van der Waals surface area contributed by atoms with Crippen LogP contribution >= 0.6 is 0 Å². The molecule has 18 heavy (non-hydrogen) atoms. The van der Waals surface area contributed by atoms with Crippen molar-refractivity contribution >= 4 is 17.5 Å². The van der Waals surface area contributed by atoms with Crippen LogP contribution in [0, 0.1) is 10.1 Å². The van der Waals surface area contributed by atoms with Gasteiger partial charge in [0.05, 0.1) is 10.5 Å². The number of nitro groups is 1. The summed E-state index contributed by atoms with van der Waals surface area (Å²) in [6.45, 7) is 2.51. The first-order valence-electron chi connectivity index (χ1n) is 5.69. The smallest absolute Gasteiger partial charge is 0.337 e. The maximum absolute atomic E-state index is 11.0. The van der Waals surface area contributed by atoms with Gasteiger partial charge in [-0.1, -0.05) is 0 Å². The zero-order valence-electron chi connectivity index (χ0n) is 9.87. The number of carbonyl (C=O) groups is 1. The van der Waals surface area contributed by atoms with Gasteiger partial charge in [-0.05, 0) is 19.8 Å². The second-order valence-corrected chi connectivity index (χ2v) is 4.15. The zero-order chi connectivity index (χ0) is 13.3. The van der Waals surface area contributed by atoms with Gasteiger partial charge in [0.2, 0.25) is 5.82 Å². The highest BCUT2D eigenvalue weighted by Gasteiger charge is 2.33. The van der Waals surface area contributed by atoms with Gasteiger partial charge in [-0.15, -0.1) is 0 Å². The second-order valence-electron chi connectivity index (χ2n) is 4.15. The fourth-order valence-corrected chi connectivity index (χ4v) is 1.89. The third kappa shape index (κ3) is 2.24. The van der Waals surface area contributed by atoms with Crippen molar-refractivity contribution in [3.8, 4) is 0 Å². The topological polar surface area (TPSA) is 96.6 Å². The van der Waals surface area contributed by atoms with Crippen LogP contribution < -0.4 is 4.90 Å². The summed E-state index contributed by atoms with van der Waals surface area (Å²) in [5.74, 6) is -0.957. The number of rotatable bonds is 5. The fourth-order valence-electron chi connectivity index (χ4n) is 1.89. The molecule has 1 N–H and O–H groups in total. The first kappa shape index (κ1) is 12.3.